The van der Waals surface area contributed by atoms with Gasteiger partial charge < -0.3 is 23.2 Å². The summed E-state index contributed by atoms with van der Waals surface area (Å²) < 4.78 is 17.2. The van der Waals surface area contributed by atoms with Gasteiger partial charge in [-0.15, -0.1) is 5.10 Å². The fraction of sp³-hybridized carbons (Fsp3) is 0.333. The van der Waals surface area contributed by atoms with E-state index in [1.165, 1.54) is 0 Å². The maximum atomic E-state index is 13.7. The van der Waals surface area contributed by atoms with Gasteiger partial charge in [0.1, 0.15) is 17.1 Å². The summed E-state index contributed by atoms with van der Waals surface area (Å²) >= 11 is 0. The van der Waals surface area contributed by atoms with Crippen LogP contribution in [0, 0.1) is 6.92 Å². The number of hydrogen-bond acceptors (Lipinski definition) is 10. The number of ether oxygens (including phenoxy) is 1. The molecule has 218 valence electrons. The van der Waals surface area contributed by atoms with Crippen molar-refractivity contribution < 1.29 is 23.5 Å². The molecule has 0 spiro atoms. The smallest absolute Gasteiger partial charge is 0.453 e. The highest BCUT2D eigenvalue weighted by atomic mass is 16.6. The van der Waals surface area contributed by atoms with E-state index < -0.39 is 17.4 Å². The summed E-state index contributed by atoms with van der Waals surface area (Å²) in [6.07, 6.45) is 1.65. The number of nitrogens with one attached hydrogen (secondary N) is 1. The number of tetrazole rings is 1. The van der Waals surface area contributed by atoms with Gasteiger partial charge in [-0.1, -0.05) is 56.3 Å². The molecule has 42 heavy (non-hydrogen) atoms. The molecule has 12 nitrogen and oxygen atoms in total. The predicted molar refractivity (Wildman–Crippen MR) is 151 cm³/mol. The van der Waals surface area contributed by atoms with E-state index in [-0.39, 0.29) is 36.1 Å². The van der Waals surface area contributed by atoms with Crippen molar-refractivity contribution in [2.75, 3.05) is 0 Å². The van der Waals surface area contributed by atoms with Gasteiger partial charge in [0, 0.05) is 18.5 Å². The van der Waals surface area contributed by atoms with Gasteiger partial charge in [0.15, 0.2) is 29.6 Å². The van der Waals surface area contributed by atoms with Gasteiger partial charge in [0.2, 0.25) is 0 Å². The second-order valence-corrected chi connectivity index (χ2v) is 10.2. The van der Waals surface area contributed by atoms with E-state index >= 15 is 0 Å². The molecule has 0 amide bonds. The number of aromatic nitrogens is 6. The number of aryl methyl sites for hydroxylation is 2. The maximum Gasteiger partial charge on any atom is 0.519 e. The lowest BCUT2D eigenvalue weighted by atomic mass is 9.96. The molecule has 1 atom stereocenters. The topological polar surface area (TPSA) is 162 Å². The first kappa shape index (κ1) is 28.7. The van der Waals surface area contributed by atoms with Crippen LogP contribution in [0.5, 0.6) is 0 Å². The highest BCUT2D eigenvalue weighted by molar-refractivity contribution is 5.89. The van der Waals surface area contributed by atoms with Crippen molar-refractivity contribution >= 4 is 5.97 Å². The minimum absolute atomic E-state index is 0.110. The number of imidazole rings is 1. The first-order valence-electron chi connectivity index (χ1n) is 13.7. The number of carbonyl (C=O) groups excluding carboxylic acids is 1. The van der Waals surface area contributed by atoms with E-state index in [2.05, 4.69) is 20.6 Å². The first-order valence-corrected chi connectivity index (χ1v) is 13.7. The molecule has 0 radical (unpaired) electrons. The zero-order chi connectivity index (χ0) is 29.9. The highest BCUT2D eigenvalue weighted by Gasteiger charge is 2.35. The number of hydrogen-bond donors (Lipinski definition) is 2. The van der Waals surface area contributed by atoms with Gasteiger partial charge in [-0.05, 0) is 59.9 Å². The Labute approximate surface area is 241 Å². The predicted octanol–water partition coefficient (Wildman–Crippen LogP) is 4.56. The van der Waals surface area contributed by atoms with Crippen molar-refractivity contribution in [2.45, 2.75) is 65.7 Å². The zero-order valence-corrected chi connectivity index (χ0v) is 23.9. The summed E-state index contributed by atoms with van der Waals surface area (Å²) in [4.78, 5) is 29.9. The molecule has 0 fully saturated rings. The minimum atomic E-state index is -1.39. The van der Waals surface area contributed by atoms with Crippen molar-refractivity contribution in [3.05, 3.63) is 93.4 Å². The van der Waals surface area contributed by atoms with Crippen LogP contribution in [0.2, 0.25) is 0 Å². The van der Waals surface area contributed by atoms with Crippen LogP contribution in [-0.4, -0.2) is 41.3 Å². The molecule has 0 aliphatic rings. The number of aromatic amines is 1. The van der Waals surface area contributed by atoms with Crippen molar-refractivity contribution in [3.63, 3.8) is 0 Å². The van der Waals surface area contributed by atoms with Crippen LogP contribution in [-0.2, 0) is 29.9 Å². The monoisotopic (exact) mass is 572 g/mol. The molecule has 2 aromatic carbocycles. The van der Waals surface area contributed by atoms with Gasteiger partial charge in [0.05, 0.1) is 0 Å². The van der Waals surface area contributed by atoms with E-state index in [1.807, 2.05) is 62.4 Å². The summed E-state index contributed by atoms with van der Waals surface area (Å²) in [5.41, 5.74) is 2.53. The number of nitrogens with zero attached hydrogens (tertiary/aromatic N) is 5. The van der Waals surface area contributed by atoms with Gasteiger partial charge in [-0.25, -0.2) is 19.7 Å². The third-order valence-electron chi connectivity index (χ3n) is 7.19. The largest absolute Gasteiger partial charge is 0.519 e. The van der Waals surface area contributed by atoms with E-state index in [9.17, 15) is 14.7 Å². The molecule has 0 aliphatic heterocycles. The summed E-state index contributed by atoms with van der Waals surface area (Å²) in [6, 6.07) is 15.8. The molecule has 2 N–H and O–H groups in total. The summed E-state index contributed by atoms with van der Waals surface area (Å²) in [5.74, 6) is -0.117. The van der Waals surface area contributed by atoms with Crippen LogP contribution >= 0.6 is 0 Å². The van der Waals surface area contributed by atoms with Crippen molar-refractivity contribution in [1.82, 2.24) is 30.2 Å². The van der Waals surface area contributed by atoms with Crippen LogP contribution in [0.3, 0.4) is 0 Å². The zero-order valence-electron chi connectivity index (χ0n) is 23.9. The Bertz CT molecular complexity index is 1730. The maximum absolute atomic E-state index is 13.7. The summed E-state index contributed by atoms with van der Waals surface area (Å²) in [5, 5.41) is 25.8. The van der Waals surface area contributed by atoms with Gasteiger partial charge in [0.25, 0.3) is 0 Å². The van der Waals surface area contributed by atoms with E-state index in [0.29, 0.717) is 24.5 Å². The van der Waals surface area contributed by atoms with Crippen molar-refractivity contribution in [1.29, 1.82) is 0 Å². The molecular formula is C30H32N6O6. The van der Waals surface area contributed by atoms with Gasteiger partial charge >= 0.3 is 11.8 Å². The lowest BCUT2D eigenvalue weighted by molar-refractivity contribution is 0.0345. The standard InChI is InChI=1S/C30H32N6O6/c1-5-10-24-31-26(30(4,39)6-2)25(28(37)40-17-23-18(3)41-29(38)42-23)36(24)16-19-13-14-21(20-11-8-7-9-12-20)22(15-19)27-32-34-35-33-27/h7-9,11-15,39H,5-6,10,16-17H2,1-4H3,(H,32,33,34,35). The third-order valence-corrected chi connectivity index (χ3v) is 7.19. The Morgan fingerprint density at radius 3 is 2.55 bits per heavy atom. The molecule has 0 saturated heterocycles. The van der Waals surface area contributed by atoms with Crippen LogP contribution in [0.15, 0.2) is 62.2 Å². The Balaban J connectivity index is 1.59. The van der Waals surface area contributed by atoms with Crippen LogP contribution < -0.4 is 5.82 Å². The molecule has 0 saturated carbocycles. The average Bonchev–Trinajstić information content (AvgIpc) is 3.72. The fourth-order valence-electron chi connectivity index (χ4n) is 4.75. The van der Waals surface area contributed by atoms with E-state index in [0.717, 1.165) is 28.7 Å². The molecule has 0 aliphatic carbocycles. The first-order chi connectivity index (χ1) is 20.2. The molecule has 5 aromatic rings. The number of rotatable bonds is 11. The van der Waals surface area contributed by atoms with Gasteiger partial charge in [-0.3, -0.25) is 0 Å². The minimum Gasteiger partial charge on any atom is -0.453 e. The lowest BCUT2D eigenvalue weighted by Crippen LogP contribution is -2.25. The Morgan fingerprint density at radius 1 is 1.12 bits per heavy atom. The molecule has 1 unspecified atom stereocenters. The number of benzene rings is 2. The van der Waals surface area contributed by atoms with Crippen molar-refractivity contribution in [3.8, 4) is 22.5 Å². The molecule has 3 heterocycles. The van der Waals surface area contributed by atoms with E-state index in [1.54, 1.807) is 18.4 Å². The molecule has 0 bridgehead atoms. The number of H-pyrrole nitrogens is 1. The number of esters is 1. The molecule has 3 aromatic heterocycles. The third kappa shape index (κ3) is 5.79. The number of carbonyl (C=O) groups is 1. The van der Waals surface area contributed by atoms with Crippen LogP contribution in [0.4, 0.5) is 0 Å². The molecule has 5 rings (SSSR count). The second-order valence-electron chi connectivity index (χ2n) is 10.2. The Morgan fingerprint density at radius 2 is 1.90 bits per heavy atom. The Hall–Kier alpha value is -4.84. The second kappa shape index (κ2) is 12.0. The Kier molecular flexibility index (Phi) is 8.16. The SMILES string of the molecule is CCCc1nc(C(C)(O)CC)c(C(=O)OCc2oc(=O)oc2C)n1Cc1ccc(-c2ccccc2)c(-c2nnn[nH]2)c1. The van der Waals surface area contributed by atoms with Gasteiger partial charge in [-0.2, -0.15) is 0 Å². The quantitative estimate of drug-likeness (QED) is 0.215. The molecular weight excluding hydrogens is 540 g/mol. The number of aliphatic hydroxyl groups is 1. The normalized spacial score (nSPS) is 12.8. The average molecular weight is 573 g/mol. The van der Waals surface area contributed by atoms with Crippen LogP contribution in [0.25, 0.3) is 22.5 Å². The lowest BCUT2D eigenvalue weighted by Gasteiger charge is -2.21. The summed E-state index contributed by atoms with van der Waals surface area (Å²) in [6.45, 7) is 6.95. The van der Waals surface area contributed by atoms with Crippen LogP contribution in [0.1, 0.15) is 72.7 Å². The fourth-order valence-corrected chi connectivity index (χ4v) is 4.75. The van der Waals surface area contributed by atoms with Crippen molar-refractivity contribution in [2.24, 2.45) is 0 Å². The molecule has 12 heteroatoms. The van der Waals surface area contributed by atoms with E-state index in [4.69, 9.17) is 18.6 Å². The summed E-state index contributed by atoms with van der Waals surface area (Å²) in [7, 11) is 0. The highest BCUT2D eigenvalue weighted by Crippen LogP contribution is 2.33.